The molecule has 0 aromatic heterocycles. The standard InChI is InChI=1S/C8H19N3O/c9-3-5-11(6-4-10)8-2-1-7-12-8/h8H,1-7,9-10H2. The van der Waals surface area contributed by atoms with Crippen LogP contribution in [0.15, 0.2) is 0 Å². The highest BCUT2D eigenvalue weighted by Crippen LogP contribution is 2.15. The summed E-state index contributed by atoms with van der Waals surface area (Å²) in [5, 5.41) is 0. The summed E-state index contributed by atoms with van der Waals surface area (Å²) < 4.78 is 5.54. The smallest absolute Gasteiger partial charge is 0.110 e. The number of hydrogen-bond donors (Lipinski definition) is 2. The highest BCUT2D eigenvalue weighted by Gasteiger charge is 2.21. The van der Waals surface area contributed by atoms with Crippen LogP contribution in [-0.4, -0.2) is 43.9 Å². The topological polar surface area (TPSA) is 64.5 Å². The molecule has 1 rings (SSSR count). The molecule has 0 aliphatic carbocycles. The van der Waals surface area contributed by atoms with Crippen molar-refractivity contribution in [2.24, 2.45) is 11.5 Å². The van der Waals surface area contributed by atoms with Gasteiger partial charge in [-0.15, -0.1) is 0 Å². The highest BCUT2D eigenvalue weighted by molar-refractivity contribution is 4.68. The summed E-state index contributed by atoms with van der Waals surface area (Å²) in [6.45, 7) is 4.03. The molecule has 0 amide bonds. The van der Waals surface area contributed by atoms with Crippen molar-refractivity contribution < 1.29 is 4.74 Å². The van der Waals surface area contributed by atoms with Crippen LogP contribution in [0, 0.1) is 0 Å². The quantitative estimate of drug-likeness (QED) is 0.579. The van der Waals surface area contributed by atoms with Crippen LogP contribution in [0.25, 0.3) is 0 Å². The van der Waals surface area contributed by atoms with E-state index in [-0.39, 0.29) is 6.23 Å². The average molecular weight is 173 g/mol. The third kappa shape index (κ3) is 2.71. The van der Waals surface area contributed by atoms with E-state index in [1.807, 2.05) is 0 Å². The lowest BCUT2D eigenvalue weighted by Gasteiger charge is -2.26. The van der Waals surface area contributed by atoms with Crippen molar-refractivity contribution in [3.8, 4) is 0 Å². The molecule has 0 bridgehead atoms. The molecule has 1 unspecified atom stereocenters. The normalized spacial score (nSPS) is 23.8. The minimum atomic E-state index is 0.275. The van der Waals surface area contributed by atoms with Gasteiger partial charge in [0.15, 0.2) is 0 Å². The van der Waals surface area contributed by atoms with Crippen LogP contribution >= 0.6 is 0 Å². The van der Waals surface area contributed by atoms with Gasteiger partial charge < -0.3 is 16.2 Å². The van der Waals surface area contributed by atoms with E-state index in [0.717, 1.165) is 32.5 Å². The van der Waals surface area contributed by atoms with Crippen molar-refractivity contribution in [1.29, 1.82) is 0 Å². The van der Waals surface area contributed by atoms with Gasteiger partial charge in [-0.3, -0.25) is 4.90 Å². The molecule has 0 saturated carbocycles. The Balaban J connectivity index is 2.29. The van der Waals surface area contributed by atoms with E-state index < -0.39 is 0 Å². The van der Waals surface area contributed by atoms with Crippen molar-refractivity contribution in [3.05, 3.63) is 0 Å². The third-order valence-electron chi connectivity index (χ3n) is 2.15. The van der Waals surface area contributed by atoms with E-state index in [4.69, 9.17) is 16.2 Å². The van der Waals surface area contributed by atoms with Crippen molar-refractivity contribution in [2.45, 2.75) is 19.1 Å². The van der Waals surface area contributed by atoms with Crippen molar-refractivity contribution in [2.75, 3.05) is 32.8 Å². The Hall–Kier alpha value is -0.160. The number of nitrogens with two attached hydrogens (primary N) is 2. The Kier molecular flexibility index (Phi) is 4.53. The Labute approximate surface area is 73.8 Å². The molecule has 72 valence electrons. The summed E-state index contributed by atoms with van der Waals surface area (Å²) in [6.07, 6.45) is 2.56. The first-order chi connectivity index (χ1) is 5.88. The lowest BCUT2D eigenvalue weighted by molar-refractivity contribution is -0.0164. The van der Waals surface area contributed by atoms with Crippen LogP contribution in [0.2, 0.25) is 0 Å². The Morgan fingerprint density at radius 2 is 1.92 bits per heavy atom. The molecule has 0 spiro atoms. The minimum Gasteiger partial charge on any atom is -0.363 e. The summed E-state index contributed by atoms with van der Waals surface area (Å²) >= 11 is 0. The Bertz CT molecular complexity index is 109. The summed E-state index contributed by atoms with van der Waals surface area (Å²) in [6, 6.07) is 0. The zero-order valence-electron chi connectivity index (χ0n) is 7.54. The number of ether oxygens (including phenoxy) is 1. The van der Waals surface area contributed by atoms with Gasteiger partial charge in [0, 0.05) is 32.8 Å². The molecule has 4 heteroatoms. The van der Waals surface area contributed by atoms with Gasteiger partial charge in [0.05, 0.1) is 0 Å². The van der Waals surface area contributed by atoms with Gasteiger partial charge in [0.25, 0.3) is 0 Å². The van der Waals surface area contributed by atoms with Crippen molar-refractivity contribution in [3.63, 3.8) is 0 Å². The zero-order valence-corrected chi connectivity index (χ0v) is 7.54. The second kappa shape index (κ2) is 5.48. The molecule has 4 N–H and O–H groups in total. The van der Waals surface area contributed by atoms with Gasteiger partial charge >= 0.3 is 0 Å². The van der Waals surface area contributed by atoms with Crippen LogP contribution in [0.4, 0.5) is 0 Å². The van der Waals surface area contributed by atoms with E-state index in [1.165, 1.54) is 0 Å². The first-order valence-electron chi connectivity index (χ1n) is 4.64. The Morgan fingerprint density at radius 3 is 2.33 bits per heavy atom. The average Bonchev–Trinajstić information content (AvgIpc) is 2.56. The highest BCUT2D eigenvalue weighted by atomic mass is 16.5. The fourth-order valence-corrected chi connectivity index (χ4v) is 1.58. The van der Waals surface area contributed by atoms with Crippen LogP contribution in [0.3, 0.4) is 0 Å². The molecule has 1 heterocycles. The van der Waals surface area contributed by atoms with Gasteiger partial charge in [0.2, 0.25) is 0 Å². The fourth-order valence-electron chi connectivity index (χ4n) is 1.58. The first kappa shape index (κ1) is 9.92. The van der Waals surface area contributed by atoms with Gasteiger partial charge in [-0.05, 0) is 12.8 Å². The molecule has 1 saturated heterocycles. The van der Waals surface area contributed by atoms with Gasteiger partial charge in [-0.2, -0.15) is 0 Å². The predicted molar refractivity (Wildman–Crippen MR) is 48.7 cm³/mol. The maximum atomic E-state index is 5.54. The van der Waals surface area contributed by atoms with E-state index in [0.29, 0.717) is 13.1 Å². The molecule has 1 aliphatic rings. The molecule has 4 nitrogen and oxygen atoms in total. The number of hydrogen-bond acceptors (Lipinski definition) is 4. The molecule has 1 fully saturated rings. The SMILES string of the molecule is NCCN(CCN)C1CCCO1. The lowest BCUT2D eigenvalue weighted by Crippen LogP contribution is -2.41. The monoisotopic (exact) mass is 173 g/mol. The summed E-state index contributed by atoms with van der Waals surface area (Å²) in [7, 11) is 0. The number of rotatable bonds is 5. The van der Waals surface area contributed by atoms with Crippen LogP contribution in [0.5, 0.6) is 0 Å². The largest absolute Gasteiger partial charge is 0.363 e. The molecule has 0 aromatic rings. The van der Waals surface area contributed by atoms with Crippen molar-refractivity contribution >= 4 is 0 Å². The van der Waals surface area contributed by atoms with Crippen LogP contribution in [0.1, 0.15) is 12.8 Å². The van der Waals surface area contributed by atoms with Crippen molar-refractivity contribution in [1.82, 2.24) is 4.90 Å². The van der Waals surface area contributed by atoms with Crippen LogP contribution < -0.4 is 11.5 Å². The maximum absolute atomic E-state index is 5.54. The first-order valence-corrected chi connectivity index (χ1v) is 4.64. The summed E-state index contributed by atoms with van der Waals surface area (Å²) in [5.74, 6) is 0. The predicted octanol–water partition coefficient (Wildman–Crippen LogP) is -0.658. The molecular weight excluding hydrogens is 154 g/mol. The molecule has 1 aliphatic heterocycles. The third-order valence-corrected chi connectivity index (χ3v) is 2.15. The second-order valence-corrected chi connectivity index (χ2v) is 3.08. The molecular formula is C8H19N3O. The van der Waals surface area contributed by atoms with Crippen LogP contribution in [-0.2, 0) is 4.74 Å². The number of nitrogens with zero attached hydrogens (tertiary/aromatic N) is 1. The van der Waals surface area contributed by atoms with E-state index in [9.17, 15) is 0 Å². The van der Waals surface area contributed by atoms with Gasteiger partial charge in [-0.1, -0.05) is 0 Å². The summed E-state index contributed by atoms with van der Waals surface area (Å²) in [4.78, 5) is 2.23. The van der Waals surface area contributed by atoms with Gasteiger partial charge in [-0.25, -0.2) is 0 Å². The Morgan fingerprint density at radius 1 is 1.25 bits per heavy atom. The molecule has 1 atom stereocenters. The summed E-state index contributed by atoms with van der Waals surface area (Å²) in [5.41, 5.74) is 11.0. The molecule has 12 heavy (non-hydrogen) atoms. The second-order valence-electron chi connectivity index (χ2n) is 3.08. The molecule has 0 aromatic carbocycles. The minimum absolute atomic E-state index is 0.275. The zero-order chi connectivity index (χ0) is 8.81. The fraction of sp³-hybridized carbons (Fsp3) is 1.00. The van der Waals surface area contributed by atoms with E-state index >= 15 is 0 Å². The van der Waals surface area contributed by atoms with Gasteiger partial charge in [0.1, 0.15) is 6.23 Å². The maximum Gasteiger partial charge on any atom is 0.110 e. The lowest BCUT2D eigenvalue weighted by atomic mass is 10.3. The molecule has 0 radical (unpaired) electrons. The van der Waals surface area contributed by atoms with E-state index in [1.54, 1.807) is 0 Å². The van der Waals surface area contributed by atoms with E-state index in [2.05, 4.69) is 4.90 Å².